The molecule has 18 heavy (non-hydrogen) atoms. The number of carboxylic acid groups (broad SMARTS) is 1. The van der Waals surface area contributed by atoms with Gasteiger partial charge in [0.1, 0.15) is 5.82 Å². The lowest BCUT2D eigenvalue weighted by molar-refractivity contribution is -0.138. The molecule has 0 radical (unpaired) electrons. The second-order valence-corrected chi connectivity index (χ2v) is 4.35. The third-order valence-electron chi connectivity index (χ3n) is 2.58. The number of aryl methyl sites for hydroxylation is 1. The van der Waals surface area contributed by atoms with Crippen molar-refractivity contribution < 1.29 is 9.90 Å². The number of imidazole rings is 1. The summed E-state index contributed by atoms with van der Waals surface area (Å²) >= 11 is 5.81. The van der Waals surface area contributed by atoms with Crippen LogP contribution in [0.5, 0.6) is 0 Å². The van der Waals surface area contributed by atoms with E-state index in [0.29, 0.717) is 10.7 Å². The Morgan fingerprint density at radius 2 is 2.06 bits per heavy atom. The Morgan fingerprint density at radius 1 is 1.44 bits per heavy atom. The van der Waals surface area contributed by atoms with Gasteiger partial charge in [0.2, 0.25) is 0 Å². The quantitative estimate of drug-likeness (QED) is 0.793. The normalized spacial score (nSPS) is 12.4. The molecule has 0 saturated heterocycles. The van der Waals surface area contributed by atoms with Crippen LogP contribution in [-0.4, -0.2) is 21.0 Å². The first kappa shape index (κ1) is 12.6. The molecule has 6 heteroatoms. The fourth-order valence-corrected chi connectivity index (χ4v) is 1.76. The standard InChI is InChI=1S/C12H12ClN3O2/c1-6-10(7-2-4-8(13)5-3-7)16-11(15-6)9(14)12(17)18/h2-5,9H,14H2,1H3,(H,15,16)(H,17,18). The Hall–Kier alpha value is -1.85. The van der Waals surface area contributed by atoms with Crippen LogP contribution in [-0.2, 0) is 4.79 Å². The topological polar surface area (TPSA) is 92.0 Å². The first-order valence-electron chi connectivity index (χ1n) is 5.30. The molecule has 94 valence electrons. The van der Waals surface area contributed by atoms with Gasteiger partial charge in [0.05, 0.1) is 5.69 Å². The zero-order chi connectivity index (χ0) is 13.3. The Balaban J connectivity index is 2.40. The minimum absolute atomic E-state index is 0.241. The maximum absolute atomic E-state index is 10.8. The maximum atomic E-state index is 10.8. The number of carboxylic acids is 1. The van der Waals surface area contributed by atoms with Crippen molar-refractivity contribution in [2.75, 3.05) is 0 Å². The predicted octanol–water partition coefficient (Wildman–Crippen LogP) is 2.12. The molecule has 0 aliphatic rings. The van der Waals surface area contributed by atoms with Gasteiger partial charge >= 0.3 is 5.97 Å². The lowest BCUT2D eigenvalue weighted by Crippen LogP contribution is -2.21. The van der Waals surface area contributed by atoms with Crippen LogP contribution in [0.3, 0.4) is 0 Å². The largest absolute Gasteiger partial charge is 0.480 e. The van der Waals surface area contributed by atoms with Crippen LogP contribution >= 0.6 is 11.6 Å². The summed E-state index contributed by atoms with van der Waals surface area (Å²) in [5.41, 5.74) is 7.81. The lowest BCUT2D eigenvalue weighted by atomic mass is 10.1. The number of nitrogens with one attached hydrogen (secondary N) is 1. The number of halogens is 1. The van der Waals surface area contributed by atoms with Crippen molar-refractivity contribution in [3.63, 3.8) is 0 Å². The lowest BCUT2D eigenvalue weighted by Gasteiger charge is -2.00. The van der Waals surface area contributed by atoms with Crippen LogP contribution in [0, 0.1) is 6.92 Å². The minimum Gasteiger partial charge on any atom is -0.480 e. The monoisotopic (exact) mass is 265 g/mol. The molecule has 0 fully saturated rings. The SMILES string of the molecule is Cc1[nH]c(C(N)C(=O)O)nc1-c1ccc(Cl)cc1. The van der Waals surface area contributed by atoms with Crippen LogP contribution in [0.25, 0.3) is 11.3 Å². The summed E-state index contributed by atoms with van der Waals surface area (Å²) in [5, 5.41) is 9.47. The van der Waals surface area contributed by atoms with Crippen LogP contribution in [0.15, 0.2) is 24.3 Å². The third kappa shape index (κ3) is 2.37. The number of benzene rings is 1. The second kappa shape index (κ2) is 4.80. The summed E-state index contributed by atoms with van der Waals surface area (Å²) in [6.07, 6.45) is 0. The number of nitrogens with zero attached hydrogens (tertiary/aromatic N) is 1. The van der Waals surface area contributed by atoms with E-state index in [-0.39, 0.29) is 5.82 Å². The molecule has 0 aliphatic heterocycles. The van der Waals surface area contributed by atoms with Gasteiger partial charge in [0.15, 0.2) is 6.04 Å². The molecule has 2 aromatic rings. The minimum atomic E-state index is -1.15. The fraction of sp³-hybridized carbons (Fsp3) is 0.167. The molecule has 4 N–H and O–H groups in total. The Kier molecular flexibility index (Phi) is 3.36. The first-order valence-corrected chi connectivity index (χ1v) is 5.67. The first-order chi connectivity index (χ1) is 8.49. The molecule has 5 nitrogen and oxygen atoms in total. The van der Waals surface area contributed by atoms with Gasteiger partial charge in [-0.05, 0) is 19.1 Å². The second-order valence-electron chi connectivity index (χ2n) is 3.92. The highest BCUT2D eigenvalue weighted by molar-refractivity contribution is 6.30. The molecule has 0 bridgehead atoms. The van der Waals surface area contributed by atoms with Crippen LogP contribution in [0.2, 0.25) is 5.02 Å². The summed E-state index contributed by atoms with van der Waals surface area (Å²) < 4.78 is 0. The Labute approximate surface area is 109 Å². The zero-order valence-electron chi connectivity index (χ0n) is 9.64. The van der Waals surface area contributed by atoms with Gasteiger partial charge < -0.3 is 15.8 Å². The average Bonchev–Trinajstić information content (AvgIpc) is 2.71. The van der Waals surface area contributed by atoms with E-state index in [1.165, 1.54) is 0 Å². The molecule has 0 aliphatic carbocycles. The summed E-state index contributed by atoms with van der Waals surface area (Å²) in [5.74, 6) is -0.878. The molecule has 0 spiro atoms. The van der Waals surface area contributed by atoms with E-state index in [1.54, 1.807) is 12.1 Å². The van der Waals surface area contributed by atoms with E-state index in [9.17, 15) is 4.79 Å². The highest BCUT2D eigenvalue weighted by Gasteiger charge is 2.20. The number of aromatic nitrogens is 2. The van der Waals surface area contributed by atoms with Crippen molar-refractivity contribution in [3.05, 3.63) is 40.8 Å². The Morgan fingerprint density at radius 3 is 2.61 bits per heavy atom. The van der Waals surface area contributed by atoms with Gasteiger partial charge in [0, 0.05) is 16.3 Å². The van der Waals surface area contributed by atoms with E-state index in [2.05, 4.69) is 9.97 Å². The van der Waals surface area contributed by atoms with Gasteiger partial charge in [-0.25, -0.2) is 4.98 Å². The number of nitrogens with two attached hydrogens (primary N) is 1. The van der Waals surface area contributed by atoms with Gasteiger partial charge in [-0.15, -0.1) is 0 Å². The number of rotatable bonds is 3. The van der Waals surface area contributed by atoms with E-state index in [0.717, 1.165) is 11.3 Å². The van der Waals surface area contributed by atoms with Crippen molar-refractivity contribution in [2.45, 2.75) is 13.0 Å². The van der Waals surface area contributed by atoms with Gasteiger partial charge in [0.25, 0.3) is 0 Å². The van der Waals surface area contributed by atoms with Crippen LogP contribution in [0.4, 0.5) is 0 Å². The zero-order valence-corrected chi connectivity index (χ0v) is 10.4. The molecule has 1 atom stereocenters. The third-order valence-corrected chi connectivity index (χ3v) is 2.83. The molecular weight excluding hydrogens is 254 g/mol. The number of aliphatic carboxylic acids is 1. The molecule has 0 saturated carbocycles. The van der Waals surface area contributed by atoms with Gasteiger partial charge in [-0.1, -0.05) is 23.7 Å². The molecule has 1 aromatic carbocycles. The average molecular weight is 266 g/mol. The smallest absolute Gasteiger partial charge is 0.328 e. The van der Waals surface area contributed by atoms with Crippen LogP contribution in [0.1, 0.15) is 17.6 Å². The number of aromatic amines is 1. The van der Waals surface area contributed by atoms with Gasteiger partial charge in [-0.2, -0.15) is 0 Å². The molecule has 2 rings (SSSR count). The molecule has 0 amide bonds. The number of carbonyl (C=O) groups is 1. The number of H-pyrrole nitrogens is 1. The van der Waals surface area contributed by atoms with Crippen molar-refractivity contribution >= 4 is 17.6 Å². The Bertz CT molecular complexity index is 578. The summed E-state index contributed by atoms with van der Waals surface area (Å²) in [4.78, 5) is 17.9. The van der Waals surface area contributed by atoms with E-state index < -0.39 is 12.0 Å². The summed E-state index contributed by atoms with van der Waals surface area (Å²) in [6.45, 7) is 1.81. The highest BCUT2D eigenvalue weighted by atomic mass is 35.5. The number of hydrogen-bond donors (Lipinski definition) is 3. The summed E-state index contributed by atoms with van der Waals surface area (Å²) in [7, 11) is 0. The summed E-state index contributed by atoms with van der Waals surface area (Å²) in [6, 6.07) is 6.00. The van der Waals surface area contributed by atoms with Crippen molar-refractivity contribution in [3.8, 4) is 11.3 Å². The fourth-order valence-electron chi connectivity index (χ4n) is 1.64. The van der Waals surface area contributed by atoms with Crippen molar-refractivity contribution in [2.24, 2.45) is 5.73 Å². The van der Waals surface area contributed by atoms with E-state index >= 15 is 0 Å². The van der Waals surface area contributed by atoms with Crippen LogP contribution < -0.4 is 5.73 Å². The molecular formula is C12H12ClN3O2. The number of hydrogen-bond acceptors (Lipinski definition) is 3. The molecule has 1 heterocycles. The molecule has 1 unspecified atom stereocenters. The van der Waals surface area contributed by atoms with Crippen molar-refractivity contribution in [1.29, 1.82) is 0 Å². The van der Waals surface area contributed by atoms with E-state index in [1.807, 2.05) is 19.1 Å². The molecule has 1 aromatic heterocycles. The van der Waals surface area contributed by atoms with E-state index in [4.69, 9.17) is 22.4 Å². The maximum Gasteiger partial charge on any atom is 0.328 e. The highest BCUT2D eigenvalue weighted by Crippen LogP contribution is 2.24. The predicted molar refractivity (Wildman–Crippen MR) is 68.3 cm³/mol. The van der Waals surface area contributed by atoms with Crippen molar-refractivity contribution in [1.82, 2.24) is 9.97 Å². The van der Waals surface area contributed by atoms with Gasteiger partial charge in [-0.3, -0.25) is 4.79 Å².